The summed E-state index contributed by atoms with van der Waals surface area (Å²) in [6, 6.07) is 2.89. The molecule has 0 unspecified atom stereocenters. The van der Waals surface area contributed by atoms with Crippen molar-refractivity contribution in [1.29, 1.82) is 0 Å². The van der Waals surface area contributed by atoms with E-state index in [-0.39, 0.29) is 0 Å². The van der Waals surface area contributed by atoms with Crippen molar-refractivity contribution in [2.24, 2.45) is 0 Å². The molecule has 2 nitrogen and oxygen atoms in total. The van der Waals surface area contributed by atoms with E-state index in [1.165, 1.54) is 6.07 Å². The van der Waals surface area contributed by atoms with E-state index >= 15 is 0 Å². The predicted octanol–water partition coefficient (Wildman–Crippen LogP) is 3.65. The van der Waals surface area contributed by atoms with Crippen molar-refractivity contribution in [3.63, 3.8) is 0 Å². The number of aromatic nitrogens is 1. The zero-order valence-electron chi connectivity index (χ0n) is 8.39. The molecule has 0 bridgehead atoms. The Kier molecular flexibility index (Phi) is 2.04. The molecule has 1 fully saturated rings. The van der Waals surface area contributed by atoms with E-state index in [0.29, 0.717) is 27.4 Å². The highest BCUT2D eigenvalue weighted by atomic mass is 35.5. The van der Waals surface area contributed by atoms with Crippen LogP contribution in [0.1, 0.15) is 34.8 Å². The van der Waals surface area contributed by atoms with Gasteiger partial charge in [0.2, 0.25) is 0 Å². The average Bonchev–Trinajstić information content (AvgIpc) is 3.00. The van der Waals surface area contributed by atoms with Crippen molar-refractivity contribution >= 4 is 28.8 Å². The van der Waals surface area contributed by atoms with Crippen LogP contribution in [0.5, 0.6) is 0 Å². The topological polar surface area (TPSA) is 32.9 Å². The Labute approximate surface area is 96.4 Å². The maximum Gasteiger partial charge on any atom is 0.152 e. The van der Waals surface area contributed by atoms with Crippen LogP contribution in [0.2, 0.25) is 5.02 Å². The Morgan fingerprint density at radius 2 is 2.19 bits per heavy atom. The van der Waals surface area contributed by atoms with Gasteiger partial charge in [-0.25, -0.2) is 4.39 Å². The number of fused-ring (bicyclic) bond motifs is 1. The molecule has 1 aromatic heterocycles. The summed E-state index contributed by atoms with van der Waals surface area (Å²) in [5.41, 5.74) is 1.79. The van der Waals surface area contributed by atoms with Gasteiger partial charge in [-0.3, -0.25) is 4.79 Å². The van der Waals surface area contributed by atoms with Gasteiger partial charge in [-0.15, -0.1) is 0 Å². The zero-order valence-corrected chi connectivity index (χ0v) is 9.14. The molecule has 0 spiro atoms. The number of hydrogen-bond acceptors (Lipinski definition) is 1. The molecule has 1 aliphatic rings. The number of aromatic amines is 1. The highest BCUT2D eigenvalue weighted by Crippen LogP contribution is 2.43. The van der Waals surface area contributed by atoms with Gasteiger partial charge in [-0.2, -0.15) is 0 Å². The highest BCUT2D eigenvalue weighted by molar-refractivity contribution is 6.31. The normalized spacial score (nSPS) is 15.6. The third kappa shape index (κ3) is 1.35. The van der Waals surface area contributed by atoms with Crippen molar-refractivity contribution in [3.05, 3.63) is 34.2 Å². The third-order valence-corrected chi connectivity index (χ3v) is 3.22. The molecular weight excluding hydrogens is 229 g/mol. The van der Waals surface area contributed by atoms with Gasteiger partial charge in [0.15, 0.2) is 6.29 Å². The van der Waals surface area contributed by atoms with Crippen LogP contribution in [0, 0.1) is 5.82 Å². The second-order valence-corrected chi connectivity index (χ2v) is 4.59. The summed E-state index contributed by atoms with van der Waals surface area (Å²) in [6.45, 7) is 0. The van der Waals surface area contributed by atoms with Crippen LogP contribution >= 0.6 is 11.6 Å². The van der Waals surface area contributed by atoms with Crippen LogP contribution in [0.3, 0.4) is 0 Å². The number of H-pyrrole nitrogens is 1. The minimum Gasteiger partial charge on any atom is -0.355 e. The molecule has 1 saturated carbocycles. The van der Waals surface area contributed by atoms with E-state index in [1.54, 1.807) is 6.07 Å². The molecule has 1 heterocycles. The number of halogens is 2. The maximum absolute atomic E-state index is 13.6. The van der Waals surface area contributed by atoms with Gasteiger partial charge in [0.1, 0.15) is 5.82 Å². The fraction of sp³-hybridized carbons (Fsp3) is 0.250. The summed E-state index contributed by atoms with van der Waals surface area (Å²) in [7, 11) is 0. The monoisotopic (exact) mass is 237 g/mol. The Morgan fingerprint density at radius 1 is 1.44 bits per heavy atom. The Morgan fingerprint density at radius 3 is 2.81 bits per heavy atom. The lowest BCUT2D eigenvalue weighted by Gasteiger charge is -1.94. The Hall–Kier alpha value is -1.35. The molecule has 0 radical (unpaired) electrons. The average molecular weight is 238 g/mol. The molecule has 16 heavy (non-hydrogen) atoms. The predicted molar refractivity (Wildman–Crippen MR) is 60.6 cm³/mol. The van der Waals surface area contributed by atoms with E-state index in [0.717, 1.165) is 24.8 Å². The van der Waals surface area contributed by atoms with Gasteiger partial charge in [-0.1, -0.05) is 11.6 Å². The number of hydrogen-bond donors (Lipinski definition) is 1. The summed E-state index contributed by atoms with van der Waals surface area (Å²) in [6.07, 6.45) is 2.90. The van der Waals surface area contributed by atoms with Gasteiger partial charge in [0.25, 0.3) is 0 Å². The van der Waals surface area contributed by atoms with Crippen LogP contribution in [-0.4, -0.2) is 11.3 Å². The van der Waals surface area contributed by atoms with Crippen molar-refractivity contribution in [1.82, 2.24) is 4.98 Å². The fourth-order valence-electron chi connectivity index (χ4n) is 2.08. The lowest BCUT2D eigenvalue weighted by Crippen LogP contribution is -1.85. The van der Waals surface area contributed by atoms with E-state index in [2.05, 4.69) is 4.98 Å². The molecular formula is C12H9ClFNO. The number of carbonyl (C=O) groups is 1. The second-order valence-electron chi connectivity index (χ2n) is 4.15. The van der Waals surface area contributed by atoms with Crippen molar-refractivity contribution < 1.29 is 9.18 Å². The quantitative estimate of drug-likeness (QED) is 0.795. The maximum atomic E-state index is 13.6. The lowest BCUT2D eigenvalue weighted by molar-refractivity contribution is 0.112. The largest absolute Gasteiger partial charge is 0.355 e. The zero-order chi connectivity index (χ0) is 11.3. The van der Waals surface area contributed by atoms with Crippen LogP contribution in [0.15, 0.2) is 12.1 Å². The number of nitrogens with one attached hydrogen (secondary N) is 1. The van der Waals surface area contributed by atoms with Crippen LogP contribution in [0.4, 0.5) is 4.39 Å². The summed E-state index contributed by atoms with van der Waals surface area (Å²) in [4.78, 5) is 14.1. The Balaban J connectivity index is 2.37. The molecule has 1 N–H and O–H groups in total. The molecule has 1 aliphatic carbocycles. The fourth-order valence-corrected chi connectivity index (χ4v) is 2.29. The summed E-state index contributed by atoms with van der Waals surface area (Å²) in [5, 5.41) is 0.899. The first-order valence-corrected chi connectivity index (χ1v) is 5.54. The van der Waals surface area contributed by atoms with Crippen LogP contribution in [-0.2, 0) is 0 Å². The van der Waals surface area contributed by atoms with Crippen molar-refractivity contribution in [2.45, 2.75) is 18.8 Å². The van der Waals surface area contributed by atoms with E-state index < -0.39 is 5.82 Å². The van der Waals surface area contributed by atoms with Gasteiger partial charge in [0.05, 0.1) is 5.52 Å². The van der Waals surface area contributed by atoms with E-state index in [4.69, 9.17) is 11.6 Å². The lowest BCUT2D eigenvalue weighted by atomic mass is 10.1. The van der Waals surface area contributed by atoms with Crippen molar-refractivity contribution in [2.75, 3.05) is 0 Å². The molecule has 82 valence electrons. The van der Waals surface area contributed by atoms with Gasteiger partial charge >= 0.3 is 0 Å². The second kappa shape index (κ2) is 3.32. The van der Waals surface area contributed by atoms with E-state index in [1.807, 2.05) is 0 Å². The minimum absolute atomic E-state index is 0.314. The summed E-state index contributed by atoms with van der Waals surface area (Å²) < 4.78 is 13.6. The molecule has 0 saturated heterocycles. The SMILES string of the molecule is O=Cc1c(C2CC2)[nH]c2c(F)cc(Cl)cc12. The first-order valence-electron chi connectivity index (χ1n) is 5.16. The first kappa shape index (κ1) is 9.85. The number of carbonyl (C=O) groups excluding carboxylic acids is 1. The highest BCUT2D eigenvalue weighted by Gasteiger charge is 2.29. The molecule has 2 aromatic rings. The van der Waals surface area contributed by atoms with E-state index in [9.17, 15) is 9.18 Å². The molecule has 4 heteroatoms. The van der Waals surface area contributed by atoms with Crippen molar-refractivity contribution in [3.8, 4) is 0 Å². The smallest absolute Gasteiger partial charge is 0.152 e. The number of rotatable bonds is 2. The molecule has 0 amide bonds. The standard InChI is InChI=1S/C12H9ClFNO/c13-7-3-8-9(5-16)11(6-1-2-6)15-12(8)10(14)4-7/h3-6,15H,1-2H2. The van der Waals surface area contributed by atoms with Crippen LogP contribution in [0.25, 0.3) is 10.9 Å². The minimum atomic E-state index is -0.405. The number of benzene rings is 1. The third-order valence-electron chi connectivity index (χ3n) is 3.00. The Bertz CT molecular complexity index is 586. The van der Waals surface area contributed by atoms with Gasteiger partial charge in [0, 0.05) is 21.7 Å². The van der Waals surface area contributed by atoms with Crippen LogP contribution < -0.4 is 0 Å². The summed E-state index contributed by atoms with van der Waals surface area (Å²) >= 11 is 5.79. The molecule has 0 aliphatic heterocycles. The number of aldehydes is 1. The molecule has 0 atom stereocenters. The summed E-state index contributed by atoms with van der Waals surface area (Å²) in [5.74, 6) is -0.0247. The molecule has 1 aromatic carbocycles. The first-order chi connectivity index (χ1) is 7.70. The molecule has 3 rings (SSSR count). The van der Waals surface area contributed by atoms with Gasteiger partial charge in [-0.05, 0) is 30.9 Å². The van der Waals surface area contributed by atoms with Gasteiger partial charge < -0.3 is 4.98 Å².